The van der Waals surface area contributed by atoms with Crippen molar-refractivity contribution in [2.75, 3.05) is 5.75 Å². The van der Waals surface area contributed by atoms with E-state index in [1.807, 2.05) is 97.1 Å². The second-order valence-corrected chi connectivity index (χ2v) is 11.3. The predicted octanol–water partition coefficient (Wildman–Crippen LogP) is 4.89. The quantitative estimate of drug-likeness (QED) is 0.0633. The summed E-state index contributed by atoms with van der Waals surface area (Å²) in [6.07, 6.45) is 4.91. The summed E-state index contributed by atoms with van der Waals surface area (Å²) in [6, 6.07) is 26.8. The number of ether oxygens (including phenoxy) is 1. The van der Waals surface area contributed by atoms with E-state index in [0.717, 1.165) is 28.7 Å². The van der Waals surface area contributed by atoms with Gasteiger partial charge in [-0.1, -0.05) is 97.1 Å². The van der Waals surface area contributed by atoms with E-state index < -0.39 is 24.2 Å². The minimum Gasteiger partial charge on any atom is -0.451 e. The van der Waals surface area contributed by atoms with Crippen molar-refractivity contribution in [1.29, 1.82) is 0 Å². The van der Waals surface area contributed by atoms with Crippen molar-refractivity contribution in [3.63, 3.8) is 0 Å². The third-order valence-electron chi connectivity index (χ3n) is 7.34. The highest BCUT2D eigenvalue weighted by Gasteiger charge is 2.57. The molecule has 0 unspecified atom stereocenters. The largest absolute Gasteiger partial charge is 0.451 e. The van der Waals surface area contributed by atoms with Gasteiger partial charge in [-0.25, -0.2) is 4.79 Å². The molecule has 0 bridgehead atoms. The van der Waals surface area contributed by atoms with Crippen LogP contribution >= 0.6 is 11.8 Å². The number of carbonyl (C=O) groups excluding carboxylic acids is 3. The number of amides is 2. The molecule has 0 radical (unpaired) electrons. The Bertz CT molecular complexity index is 1390. The van der Waals surface area contributed by atoms with Crippen LogP contribution in [0.3, 0.4) is 0 Å². The van der Waals surface area contributed by atoms with Crippen molar-refractivity contribution >= 4 is 35.8 Å². The Balaban J connectivity index is 1.36. The number of benzene rings is 3. The molecule has 2 saturated heterocycles. The fourth-order valence-corrected chi connectivity index (χ4v) is 6.67. The van der Waals surface area contributed by atoms with Crippen LogP contribution in [0.5, 0.6) is 0 Å². The van der Waals surface area contributed by atoms with Crippen LogP contribution in [0.25, 0.3) is 0 Å². The zero-order chi connectivity index (χ0) is 29.3. The van der Waals surface area contributed by atoms with E-state index in [0.29, 0.717) is 18.6 Å². The zero-order valence-corrected chi connectivity index (χ0v) is 23.9. The van der Waals surface area contributed by atoms with Crippen molar-refractivity contribution in [2.45, 2.75) is 49.2 Å². The summed E-state index contributed by atoms with van der Waals surface area (Å²) in [5.41, 5.74) is 3.31. The van der Waals surface area contributed by atoms with Crippen LogP contribution in [0.4, 0.5) is 0 Å². The van der Waals surface area contributed by atoms with Crippen LogP contribution in [0, 0.1) is 0 Å². The van der Waals surface area contributed by atoms with Gasteiger partial charge in [0.1, 0.15) is 11.4 Å². The molecule has 0 aliphatic carbocycles. The first-order valence-corrected chi connectivity index (χ1v) is 15.0. The van der Waals surface area contributed by atoms with Crippen molar-refractivity contribution in [1.82, 2.24) is 10.2 Å². The summed E-state index contributed by atoms with van der Waals surface area (Å²) in [6.45, 7) is 0. The molecule has 0 spiro atoms. The molecule has 8 nitrogen and oxygen atoms in total. The number of unbranched alkanes of at least 4 members (excludes halogenated alkanes) is 2. The summed E-state index contributed by atoms with van der Waals surface area (Å²) in [5, 5.41) is 14.2. The number of thioether (sulfide) groups is 1. The standard InChI is InChI=1S/C33H33N3O5S/c37-27(21-23-13-5-1-6-14-23)35-28-31(38)36-29(26(22-42-32(28)36)19-11-4-12-20-34-40)33(39)41-30(24-15-7-2-8-16-24)25-17-9-3-10-18-25/h1-3,5-10,13-20,28-30,32,40H,4,11-12,21-22H2,(H,35,37)/b26-19+,34-20+/t28-,29-,32-/m1/s1. The van der Waals surface area contributed by atoms with Crippen molar-refractivity contribution < 1.29 is 24.3 Å². The number of oxime groups is 1. The van der Waals surface area contributed by atoms with Crippen LogP contribution in [0.15, 0.2) is 108 Å². The molecule has 2 aliphatic heterocycles. The SMILES string of the molecule is O=C(Cc1ccccc1)N[C@@H]1C(=O)N2[C@@H]1SC/C(=C\CCC/C=N/O)[C@@H]2C(=O)OC(c1ccccc1)c1ccccc1. The lowest BCUT2D eigenvalue weighted by atomic mass is 9.96. The fourth-order valence-electron chi connectivity index (χ4n) is 5.27. The van der Waals surface area contributed by atoms with Gasteiger partial charge in [-0.2, -0.15) is 0 Å². The molecule has 2 N–H and O–H groups in total. The summed E-state index contributed by atoms with van der Waals surface area (Å²) in [5.74, 6) is -0.526. The first-order chi connectivity index (χ1) is 20.6. The second kappa shape index (κ2) is 14.0. The first kappa shape index (κ1) is 29.1. The summed E-state index contributed by atoms with van der Waals surface area (Å²) >= 11 is 1.53. The summed E-state index contributed by atoms with van der Waals surface area (Å²) in [7, 11) is 0. The average molecular weight is 584 g/mol. The summed E-state index contributed by atoms with van der Waals surface area (Å²) < 4.78 is 6.21. The number of hydrogen-bond acceptors (Lipinski definition) is 7. The van der Waals surface area contributed by atoms with Crippen LogP contribution in [0.2, 0.25) is 0 Å². The Kier molecular flexibility index (Phi) is 9.71. The molecule has 2 fully saturated rings. The molecule has 9 heteroatoms. The Morgan fingerprint density at radius 3 is 2.21 bits per heavy atom. The number of β-lactam (4-membered cyclic amide) rings is 1. The Labute approximate surface area is 249 Å². The van der Waals surface area contributed by atoms with Gasteiger partial charge in [-0.3, -0.25) is 9.59 Å². The molecule has 3 aromatic rings. The normalized spacial score (nSPS) is 20.8. The maximum atomic E-state index is 14.0. The number of carbonyl (C=O) groups is 3. The van der Waals surface area contributed by atoms with E-state index in [1.165, 1.54) is 18.0 Å². The highest BCUT2D eigenvalue weighted by Crippen LogP contribution is 2.42. The Morgan fingerprint density at radius 2 is 1.60 bits per heavy atom. The highest BCUT2D eigenvalue weighted by atomic mass is 32.2. The van der Waals surface area contributed by atoms with E-state index in [-0.39, 0.29) is 23.6 Å². The van der Waals surface area contributed by atoms with E-state index >= 15 is 0 Å². The van der Waals surface area contributed by atoms with Gasteiger partial charge in [0, 0.05) is 12.0 Å². The van der Waals surface area contributed by atoms with E-state index in [4.69, 9.17) is 9.94 Å². The van der Waals surface area contributed by atoms with Gasteiger partial charge in [0.05, 0.1) is 6.42 Å². The molecular weight excluding hydrogens is 550 g/mol. The van der Waals surface area contributed by atoms with Crippen LogP contribution in [-0.2, 0) is 25.5 Å². The second-order valence-electron chi connectivity index (χ2n) is 10.2. The van der Waals surface area contributed by atoms with Gasteiger partial charge in [0.2, 0.25) is 11.8 Å². The van der Waals surface area contributed by atoms with Crippen molar-refractivity contribution in [3.05, 3.63) is 119 Å². The van der Waals surface area contributed by atoms with Gasteiger partial charge in [-0.15, -0.1) is 16.9 Å². The molecular formula is C33H33N3O5S. The molecule has 3 aromatic carbocycles. The van der Waals surface area contributed by atoms with Crippen molar-refractivity contribution in [2.24, 2.45) is 5.16 Å². The molecule has 0 aromatic heterocycles. The number of rotatable bonds is 11. The first-order valence-electron chi connectivity index (χ1n) is 14.0. The molecule has 5 rings (SSSR count). The highest BCUT2D eigenvalue weighted by molar-refractivity contribution is 8.00. The van der Waals surface area contributed by atoms with Gasteiger partial charge < -0.3 is 20.2 Å². The topological polar surface area (TPSA) is 108 Å². The molecule has 2 amide bonds. The van der Waals surface area contributed by atoms with E-state index in [2.05, 4.69) is 10.5 Å². The molecule has 216 valence electrons. The lowest BCUT2D eigenvalue weighted by Gasteiger charge is -2.53. The van der Waals surface area contributed by atoms with Crippen LogP contribution in [0.1, 0.15) is 42.1 Å². The number of allylic oxidation sites excluding steroid dienone is 1. The number of nitrogens with zero attached hydrogens (tertiary/aromatic N) is 2. The monoisotopic (exact) mass is 583 g/mol. The Morgan fingerprint density at radius 1 is 0.976 bits per heavy atom. The molecule has 3 atom stereocenters. The lowest BCUT2D eigenvalue weighted by molar-refractivity contribution is -0.165. The van der Waals surface area contributed by atoms with Gasteiger partial charge >= 0.3 is 5.97 Å². The van der Waals surface area contributed by atoms with E-state index in [9.17, 15) is 14.4 Å². The molecule has 0 saturated carbocycles. The Hall–Kier alpha value is -4.37. The maximum absolute atomic E-state index is 14.0. The minimum atomic E-state index is -0.896. The number of nitrogens with one attached hydrogen (secondary N) is 1. The van der Waals surface area contributed by atoms with Gasteiger partial charge in [0.25, 0.3) is 0 Å². The number of hydrogen-bond donors (Lipinski definition) is 2. The van der Waals surface area contributed by atoms with E-state index in [1.54, 1.807) is 4.90 Å². The molecule has 42 heavy (non-hydrogen) atoms. The predicted molar refractivity (Wildman–Crippen MR) is 162 cm³/mol. The van der Waals surface area contributed by atoms with Crippen LogP contribution in [-0.4, -0.2) is 57.3 Å². The summed E-state index contributed by atoms with van der Waals surface area (Å²) in [4.78, 5) is 41.8. The van der Waals surface area contributed by atoms with Crippen molar-refractivity contribution in [3.8, 4) is 0 Å². The van der Waals surface area contributed by atoms with Crippen LogP contribution < -0.4 is 5.32 Å². The number of fused-ring (bicyclic) bond motifs is 1. The smallest absolute Gasteiger partial charge is 0.334 e. The molecule has 2 heterocycles. The average Bonchev–Trinajstić information content (AvgIpc) is 3.03. The van der Waals surface area contributed by atoms with Gasteiger partial charge in [-0.05, 0) is 41.5 Å². The fraction of sp³-hybridized carbons (Fsp3) is 0.273. The third kappa shape index (κ3) is 6.74. The minimum absolute atomic E-state index is 0.172. The third-order valence-corrected chi connectivity index (χ3v) is 8.68. The number of esters is 1. The maximum Gasteiger partial charge on any atom is 0.334 e. The van der Waals surface area contributed by atoms with Gasteiger partial charge in [0.15, 0.2) is 12.1 Å². The lowest BCUT2D eigenvalue weighted by Crippen LogP contribution is -2.74. The molecule has 2 aliphatic rings. The zero-order valence-electron chi connectivity index (χ0n) is 23.0.